The third-order valence-corrected chi connectivity index (χ3v) is 10.0. The van der Waals surface area contributed by atoms with E-state index in [-0.39, 0.29) is 49.1 Å². The van der Waals surface area contributed by atoms with E-state index in [1.807, 2.05) is 6.08 Å². The fourth-order valence-electron chi connectivity index (χ4n) is 6.38. The largest absolute Gasteiger partial charge is 0.544 e. The Bertz CT molecular complexity index is 1250. The fraction of sp³-hybridized carbons (Fsp3) is 0.673. The van der Waals surface area contributed by atoms with Crippen molar-refractivity contribution in [3.05, 3.63) is 85.1 Å². The molecule has 0 aromatic carbocycles. The number of carbonyl (C=O) groups excluding carboxylic acids is 3. The monoisotopic (exact) mass is 838 g/mol. The SMILES string of the molecule is CC/C=C/C/C=C/C/C=C/C/C=C/C/C=C/CCCCCCCCCC(=O)OCC(COCCC(C(=O)[O-])[N+](C)(C)C)OC(=O)CC/C=C/C/C=C/CCCCCCCC. The van der Waals surface area contributed by atoms with Gasteiger partial charge in [-0.15, -0.1) is 0 Å². The van der Waals surface area contributed by atoms with Gasteiger partial charge < -0.3 is 28.6 Å². The average molecular weight is 838 g/mol. The summed E-state index contributed by atoms with van der Waals surface area (Å²) < 4.78 is 17.1. The zero-order valence-corrected chi connectivity index (χ0v) is 38.8. The van der Waals surface area contributed by atoms with E-state index < -0.39 is 18.1 Å². The van der Waals surface area contributed by atoms with E-state index in [9.17, 15) is 19.5 Å². The van der Waals surface area contributed by atoms with E-state index in [1.165, 1.54) is 57.8 Å². The number of allylic oxidation sites excluding steroid dienone is 14. The number of esters is 2. The minimum atomic E-state index is -1.14. The Kier molecular flexibility index (Phi) is 39.8. The van der Waals surface area contributed by atoms with E-state index in [4.69, 9.17) is 14.2 Å². The molecule has 60 heavy (non-hydrogen) atoms. The lowest BCUT2D eigenvalue weighted by molar-refractivity contribution is -0.889. The van der Waals surface area contributed by atoms with Crippen LogP contribution in [0.25, 0.3) is 0 Å². The Balaban J connectivity index is 4.34. The normalized spacial score (nSPS) is 13.7. The molecule has 0 fully saturated rings. The van der Waals surface area contributed by atoms with Gasteiger partial charge in [0.2, 0.25) is 0 Å². The number of rotatable bonds is 41. The second-order valence-corrected chi connectivity index (χ2v) is 16.6. The van der Waals surface area contributed by atoms with Crippen molar-refractivity contribution in [1.82, 2.24) is 0 Å². The number of aliphatic carboxylic acids is 1. The smallest absolute Gasteiger partial charge is 0.306 e. The van der Waals surface area contributed by atoms with E-state index in [0.29, 0.717) is 12.8 Å². The van der Waals surface area contributed by atoms with Crippen LogP contribution in [0.5, 0.6) is 0 Å². The van der Waals surface area contributed by atoms with Gasteiger partial charge in [-0.25, -0.2) is 0 Å². The maximum Gasteiger partial charge on any atom is 0.306 e. The maximum atomic E-state index is 12.7. The molecule has 0 spiro atoms. The van der Waals surface area contributed by atoms with Gasteiger partial charge in [-0.3, -0.25) is 9.59 Å². The molecule has 8 nitrogen and oxygen atoms in total. The van der Waals surface area contributed by atoms with Crippen molar-refractivity contribution in [3.8, 4) is 0 Å². The summed E-state index contributed by atoms with van der Waals surface area (Å²) in [5, 5.41) is 11.6. The van der Waals surface area contributed by atoms with Crippen LogP contribution in [-0.4, -0.2) is 75.5 Å². The third kappa shape index (κ3) is 39.9. The van der Waals surface area contributed by atoms with E-state index >= 15 is 0 Å². The number of unbranched alkanes of at least 4 members (excludes halogenated alkanes) is 13. The summed E-state index contributed by atoms with van der Waals surface area (Å²) in [6.45, 7) is 4.45. The second-order valence-electron chi connectivity index (χ2n) is 16.6. The summed E-state index contributed by atoms with van der Waals surface area (Å²) in [7, 11) is 5.38. The minimum Gasteiger partial charge on any atom is -0.544 e. The molecule has 0 aromatic rings. The van der Waals surface area contributed by atoms with Gasteiger partial charge in [0.05, 0.1) is 40.3 Å². The summed E-state index contributed by atoms with van der Waals surface area (Å²) >= 11 is 0. The molecule has 0 aliphatic heterocycles. The van der Waals surface area contributed by atoms with Gasteiger partial charge in [-0.2, -0.15) is 0 Å². The van der Waals surface area contributed by atoms with Crippen LogP contribution in [0.15, 0.2) is 85.1 Å². The Hall–Kier alpha value is -3.49. The van der Waals surface area contributed by atoms with Crippen LogP contribution in [0, 0.1) is 0 Å². The first-order chi connectivity index (χ1) is 29.1. The van der Waals surface area contributed by atoms with Crippen LogP contribution >= 0.6 is 0 Å². The lowest BCUT2D eigenvalue weighted by Gasteiger charge is -2.34. The van der Waals surface area contributed by atoms with Gasteiger partial charge in [0.1, 0.15) is 12.6 Å². The Labute approximate surface area is 367 Å². The first kappa shape index (κ1) is 56.5. The molecule has 0 rings (SSSR count). The lowest BCUT2D eigenvalue weighted by Crippen LogP contribution is -2.55. The first-order valence-electron chi connectivity index (χ1n) is 23.6. The van der Waals surface area contributed by atoms with Crippen molar-refractivity contribution < 1.29 is 38.2 Å². The van der Waals surface area contributed by atoms with Gasteiger partial charge in [-0.1, -0.05) is 163 Å². The molecule has 0 saturated heterocycles. The molecular formula is C52H87NO7. The van der Waals surface area contributed by atoms with Crippen LogP contribution in [0.4, 0.5) is 0 Å². The topological polar surface area (TPSA) is 102 Å². The number of nitrogens with zero attached hydrogens (tertiary/aromatic N) is 1. The molecule has 0 heterocycles. The molecule has 0 radical (unpaired) electrons. The molecular weight excluding hydrogens is 751 g/mol. The molecule has 342 valence electrons. The zero-order valence-electron chi connectivity index (χ0n) is 38.8. The highest BCUT2D eigenvalue weighted by molar-refractivity contribution is 5.70. The summed E-state index contributed by atoms with van der Waals surface area (Å²) in [5.41, 5.74) is 0. The highest BCUT2D eigenvalue weighted by atomic mass is 16.6. The van der Waals surface area contributed by atoms with Gasteiger partial charge in [0.25, 0.3) is 0 Å². The summed E-state index contributed by atoms with van der Waals surface area (Å²) in [6.07, 6.45) is 54.8. The Morgan fingerprint density at radius 2 is 0.967 bits per heavy atom. The molecule has 0 aromatic heterocycles. The number of hydrogen-bond donors (Lipinski definition) is 0. The quantitative estimate of drug-likeness (QED) is 0.0261. The predicted octanol–water partition coefficient (Wildman–Crippen LogP) is 12.0. The van der Waals surface area contributed by atoms with E-state index in [2.05, 4.69) is 92.8 Å². The molecule has 2 atom stereocenters. The van der Waals surface area contributed by atoms with Crippen molar-refractivity contribution in [2.75, 3.05) is 41.0 Å². The van der Waals surface area contributed by atoms with Crippen LogP contribution in [-0.2, 0) is 28.6 Å². The number of hydrogen-bond acceptors (Lipinski definition) is 7. The fourth-order valence-corrected chi connectivity index (χ4v) is 6.38. The molecule has 0 aliphatic carbocycles. The van der Waals surface area contributed by atoms with Crippen LogP contribution in [0.2, 0.25) is 0 Å². The first-order valence-corrected chi connectivity index (χ1v) is 23.6. The summed E-state index contributed by atoms with van der Waals surface area (Å²) in [6, 6.07) is -0.740. The predicted molar refractivity (Wildman–Crippen MR) is 249 cm³/mol. The number of quaternary nitrogens is 1. The minimum absolute atomic E-state index is 0.0102. The molecule has 0 amide bonds. The van der Waals surface area contributed by atoms with Gasteiger partial charge >= 0.3 is 11.9 Å². The highest BCUT2D eigenvalue weighted by Crippen LogP contribution is 2.13. The van der Waals surface area contributed by atoms with Crippen molar-refractivity contribution in [2.24, 2.45) is 0 Å². The number of ether oxygens (including phenoxy) is 3. The highest BCUT2D eigenvalue weighted by Gasteiger charge is 2.25. The van der Waals surface area contributed by atoms with Crippen molar-refractivity contribution in [1.29, 1.82) is 0 Å². The Morgan fingerprint density at radius 1 is 0.517 bits per heavy atom. The third-order valence-electron chi connectivity index (χ3n) is 10.0. The standard InChI is InChI=1S/C52H87NO7/c1-6-8-10-12-14-16-18-20-21-22-23-24-25-26-27-28-29-31-32-34-36-38-40-42-50(54)59-47-48(46-58-45-44-49(52(56)57)53(3,4)5)60-51(55)43-41-39-37-35-33-30-19-17-15-13-11-9-7-2/h8,10,14,16,20-21,23-24,26-27,30,33,37,39,48-49H,6-7,9,11-13,15,17-19,22,25,28-29,31-32,34-36,38,40-47H2,1-5H3/b10-8+,16-14+,21-20+,24-23+,27-26+,33-30+,39-37+. The summed E-state index contributed by atoms with van der Waals surface area (Å²) in [5.74, 6) is -1.84. The average Bonchev–Trinajstić information content (AvgIpc) is 3.21. The Morgan fingerprint density at radius 3 is 1.45 bits per heavy atom. The van der Waals surface area contributed by atoms with Gasteiger partial charge in [0.15, 0.2) is 6.10 Å². The van der Waals surface area contributed by atoms with Crippen molar-refractivity contribution in [3.63, 3.8) is 0 Å². The summed E-state index contributed by atoms with van der Waals surface area (Å²) in [4.78, 5) is 36.9. The van der Waals surface area contributed by atoms with Crippen LogP contribution < -0.4 is 5.11 Å². The van der Waals surface area contributed by atoms with Gasteiger partial charge in [0, 0.05) is 19.3 Å². The maximum absolute atomic E-state index is 12.7. The molecule has 0 saturated carbocycles. The number of likely N-dealkylation sites (N-methyl/N-ethyl adjacent to an activating group) is 1. The van der Waals surface area contributed by atoms with Crippen LogP contribution in [0.1, 0.15) is 174 Å². The van der Waals surface area contributed by atoms with Gasteiger partial charge in [-0.05, 0) is 77.0 Å². The number of carbonyl (C=O) groups is 3. The van der Waals surface area contributed by atoms with Crippen molar-refractivity contribution >= 4 is 17.9 Å². The van der Waals surface area contributed by atoms with E-state index in [0.717, 1.165) is 77.0 Å². The molecule has 2 unspecified atom stereocenters. The molecule has 8 heteroatoms. The molecule has 0 bridgehead atoms. The lowest BCUT2D eigenvalue weighted by atomic mass is 10.1. The molecule has 0 N–H and O–H groups in total. The second kappa shape index (κ2) is 42.2. The van der Waals surface area contributed by atoms with Crippen molar-refractivity contribution in [2.45, 2.75) is 187 Å². The number of carboxylic acid groups (broad SMARTS) is 1. The number of carboxylic acids is 1. The zero-order chi connectivity index (χ0) is 44.2. The van der Waals surface area contributed by atoms with Crippen LogP contribution in [0.3, 0.4) is 0 Å². The molecule has 0 aliphatic rings. The van der Waals surface area contributed by atoms with E-state index in [1.54, 1.807) is 21.1 Å².